The van der Waals surface area contributed by atoms with Crippen LogP contribution in [0.1, 0.15) is 21.7 Å². The average molecular weight is 442 g/mol. The molecule has 2 aromatic rings. The van der Waals surface area contributed by atoms with Crippen molar-refractivity contribution >= 4 is 35.8 Å². The lowest BCUT2D eigenvalue weighted by Gasteiger charge is -2.12. The summed E-state index contributed by atoms with van der Waals surface area (Å²) in [5.74, 6) is 1.56. The highest BCUT2D eigenvalue weighted by atomic mass is 127. The van der Waals surface area contributed by atoms with Crippen molar-refractivity contribution in [1.29, 1.82) is 0 Å². The normalized spacial score (nSPS) is 10.7. The highest BCUT2D eigenvalue weighted by Crippen LogP contribution is 2.05. The van der Waals surface area contributed by atoms with Crippen LogP contribution in [0.15, 0.2) is 52.1 Å². The molecule has 6 nitrogen and oxygen atoms in total. The summed E-state index contributed by atoms with van der Waals surface area (Å²) in [4.78, 5) is 15.8. The van der Waals surface area contributed by atoms with Gasteiger partial charge in [0.1, 0.15) is 5.76 Å². The fraction of sp³-hybridized carbons (Fsp3) is 0.294. The van der Waals surface area contributed by atoms with Crippen molar-refractivity contribution in [2.45, 2.75) is 13.0 Å². The Balaban J connectivity index is 0.00000288. The fourth-order valence-electron chi connectivity index (χ4n) is 2.13. The van der Waals surface area contributed by atoms with Gasteiger partial charge in [-0.25, -0.2) is 0 Å². The molecule has 130 valence electrons. The van der Waals surface area contributed by atoms with Crippen LogP contribution in [0, 0.1) is 0 Å². The van der Waals surface area contributed by atoms with Gasteiger partial charge in [0.25, 0.3) is 5.91 Å². The first-order chi connectivity index (χ1) is 11.2. The van der Waals surface area contributed by atoms with Gasteiger partial charge in [-0.1, -0.05) is 12.1 Å². The number of halogens is 1. The van der Waals surface area contributed by atoms with E-state index in [-0.39, 0.29) is 29.9 Å². The summed E-state index contributed by atoms with van der Waals surface area (Å²) in [6.45, 7) is 1.32. The van der Waals surface area contributed by atoms with E-state index >= 15 is 0 Å². The molecular weight excluding hydrogens is 419 g/mol. The van der Waals surface area contributed by atoms with Crippen molar-refractivity contribution < 1.29 is 9.21 Å². The molecule has 24 heavy (non-hydrogen) atoms. The first-order valence-electron chi connectivity index (χ1n) is 7.51. The molecule has 0 aliphatic heterocycles. The van der Waals surface area contributed by atoms with Gasteiger partial charge in [-0.3, -0.25) is 9.79 Å². The molecule has 0 saturated heterocycles. The van der Waals surface area contributed by atoms with Gasteiger partial charge in [-0.2, -0.15) is 0 Å². The van der Waals surface area contributed by atoms with E-state index in [0.717, 1.165) is 24.3 Å². The van der Waals surface area contributed by atoms with Crippen LogP contribution in [0.2, 0.25) is 0 Å². The third-order valence-corrected chi connectivity index (χ3v) is 3.34. The van der Waals surface area contributed by atoms with E-state index in [2.05, 4.69) is 20.9 Å². The van der Waals surface area contributed by atoms with Crippen LogP contribution >= 0.6 is 24.0 Å². The molecule has 2 rings (SSSR count). The van der Waals surface area contributed by atoms with E-state index in [0.29, 0.717) is 18.1 Å². The van der Waals surface area contributed by atoms with Crippen molar-refractivity contribution in [3.8, 4) is 0 Å². The molecule has 0 radical (unpaired) electrons. The van der Waals surface area contributed by atoms with Gasteiger partial charge in [-0.15, -0.1) is 24.0 Å². The number of hydrogen-bond acceptors (Lipinski definition) is 3. The SMILES string of the molecule is CN=C(NCCc1ccco1)NCc1cccc(C(=O)NC)c1.I. The second kappa shape index (κ2) is 10.7. The second-order valence-electron chi connectivity index (χ2n) is 4.96. The Bertz CT molecular complexity index is 656. The van der Waals surface area contributed by atoms with E-state index in [1.807, 2.05) is 30.3 Å². The standard InChI is InChI=1S/C17H22N4O2.HI/c1-18-16(22)14-6-3-5-13(11-14)12-21-17(19-2)20-9-8-15-7-4-10-23-15;/h3-7,10-11H,8-9,12H2,1-2H3,(H,18,22)(H2,19,20,21);1H. The average Bonchev–Trinajstić information content (AvgIpc) is 3.10. The summed E-state index contributed by atoms with van der Waals surface area (Å²) in [6.07, 6.45) is 2.46. The Kier molecular flexibility index (Phi) is 8.92. The zero-order valence-corrected chi connectivity index (χ0v) is 16.2. The van der Waals surface area contributed by atoms with Gasteiger partial charge in [-0.05, 0) is 29.8 Å². The highest BCUT2D eigenvalue weighted by molar-refractivity contribution is 14.0. The molecule has 0 fully saturated rings. The van der Waals surface area contributed by atoms with Crippen molar-refractivity contribution in [1.82, 2.24) is 16.0 Å². The Morgan fingerprint density at radius 3 is 2.71 bits per heavy atom. The first kappa shape index (κ1) is 20.0. The minimum absolute atomic E-state index is 0. The summed E-state index contributed by atoms with van der Waals surface area (Å²) in [6, 6.07) is 11.3. The number of rotatable bonds is 6. The molecule has 0 atom stereocenters. The molecule has 0 unspecified atom stereocenters. The maximum atomic E-state index is 11.6. The molecular formula is C17H23IN4O2. The van der Waals surface area contributed by atoms with E-state index in [1.54, 1.807) is 26.4 Å². The first-order valence-corrected chi connectivity index (χ1v) is 7.51. The van der Waals surface area contributed by atoms with Gasteiger partial charge in [0.15, 0.2) is 5.96 Å². The molecule has 0 saturated carbocycles. The van der Waals surface area contributed by atoms with Crippen LogP contribution in [0.25, 0.3) is 0 Å². The third kappa shape index (κ3) is 6.23. The summed E-state index contributed by atoms with van der Waals surface area (Å²) in [5.41, 5.74) is 1.66. The van der Waals surface area contributed by atoms with Gasteiger partial charge in [0.05, 0.1) is 6.26 Å². The Morgan fingerprint density at radius 1 is 1.21 bits per heavy atom. The molecule has 7 heteroatoms. The van der Waals surface area contributed by atoms with E-state index in [4.69, 9.17) is 4.42 Å². The number of amides is 1. The molecule has 0 aliphatic rings. The Labute approximate surface area is 159 Å². The quantitative estimate of drug-likeness (QED) is 0.364. The minimum Gasteiger partial charge on any atom is -0.469 e. The second-order valence-corrected chi connectivity index (χ2v) is 4.96. The number of hydrogen-bond donors (Lipinski definition) is 3. The monoisotopic (exact) mass is 442 g/mol. The maximum absolute atomic E-state index is 11.6. The predicted octanol–water partition coefficient (Wildman–Crippen LogP) is 2.16. The van der Waals surface area contributed by atoms with Gasteiger partial charge in [0, 0.05) is 39.2 Å². The maximum Gasteiger partial charge on any atom is 0.251 e. The number of carbonyl (C=O) groups excluding carboxylic acids is 1. The highest BCUT2D eigenvalue weighted by Gasteiger charge is 2.04. The molecule has 0 spiro atoms. The van der Waals surface area contributed by atoms with Crippen molar-refractivity contribution in [2.75, 3.05) is 20.6 Å². The number of carbonyl (C=O) groups is 1. The summed E-state index contributed by atoms with van der Waals surface area (Å²) in [5, 5.41) is 9.07. The third-order valence-electron chi connectivity index (χ3n) is 3.34. The van der Waals surface area contributed by atoms with E-state index in [9.17, 15) is 4.79 Å². The van der Waals surface area contributed by atoms with Crippen LogP contribution in [-0.2, 0) is 13.0 Å². The van der Waals surface area contributed by atoms with Crippen molar-refractivity contribution in [2.24, 2.45) is 4.99 Å². The lowest BCUT2D eigenvalue weighted by atomic mass is 10.1. The summed E-state index contributed by atoms with van der Waals surface area (Å²) >= 11 is 0. The number of benzene rings is 1. The Hall–Kier alpha value is -2.03. The molecule has 1 amide bonds. The van der Waals surface area contributed by atoms with Crippen molar-refractivity contribution in [3.63, 3.8) is 0 Å². The van der Waals surface area contributed by atoms with E-state index < -0.39 is 0 Å². The van der Waals surface area contributed by atoms with Crippen LogP contribution in [0.3, 0.4) is 0 Å². The molecule has 0 bridgehead atoms. The summed E-state index contributed by atoms with van der Waals surface area (Å²) in [7, 11) is 3.35. The molecule has 0 aliphatic carbocycles. The zero-order valence-electron chi connectivity index (χ0n) is 13.8. The predicted molar refractivity (Wildman–Crippen MR) is 106 cm³/mol. The van der Waals surface area contributed by atoms with Gasteiger partial charge >= 0.3 is 0 Å². The largest absolute Gasteiger partial charge is 0.469 e. The van der Waals surface area contributed by atoms with Gasteiger partial charge < -0.3 is 20.4 Å². The van der Waals surface area contributed by atoms with Gasteiger partial charge in [0.2, 0.25) is 0 Å². The van der Waals surface area contributed by atoms with Crippen molar-refractivity contribution in [3.05, 3.63) is 59.5 Å². The number of nitrogens with one attached hydrogen (secondary N) is 3. The molecule has 1 heterocycles. The number of nitrogens with zero attached hydrogens (tertiary/aromatic N) is 1. The zero-order chi connectivity index (χ0) is 16.5. The minimum atomic E-state index is -0.0900. The van der Waals surface area contributed by atoms with Crippen LogP contribution < -0.4 is 16.0 Å². The summed E-state index contributed by atoms with van der Waals surface area (Å²) < 4.78 is 5.29. The molecule has 3 N–H and O–H groups in total. The Morgan fingerprint density at radius 2 is 2.04 bits per heavy atom. The number of guanidine groups is 1. The smallest absolute Gasteiger partial charge is 0.251 e. The van der Waals surface area contributed by atoms with Crippen LogP contribution in [-0.4, -0.2) is 32.5 Å². The fourth-order valence-corrected chi connectivity index (χ4v) is 2.13. The topological polar surface area (TPSA) is 78.7 Å². The molecule has 1 aromatic carbocycles. The van der Waals surface area contributed by atoms with E-state index in [1.165, 1.54) is 0 Å². The molecule has 1 aromatic heterocycles. The van der Waals surface area contributed by atoms with Crippen LogP contribution in [0.5, 0.6) is 0 Å². The lowest BCUT2D eigenvalue weighted by Crippen LogP contribution is -2.37. The number of aliphatic imine (C=N–C) groups is 1. The lowest BCUT2D eigenvalue weighted by molar-refractivity contribution is 0.0963. The van der Waals surface area contributed by atoms with Crippen LogP contribution in [0.4, 0.5) is 0 Å². The number of furan rings is 1.